The van der Waals surface area contributed by atoms with Crippen LogP contribution in [-0.4, -0.2) is 29.0 Å². The second-order valence-electron chi connectivity index (χ2n) is 4.23. The Kier molecular flexibility index (Phi) is 5.52. The molecule has 1 saturated carbocycles. The highest BCUT2D eigenvalue weighted by atomic mass is 35.5. The molecule has 16 heavy (non-hydrogen) atoms. The Bertz CT molecular complexity index is 242. The lowest BCUT2D eigenvalue weighted by Crippen LogP contribution is -2.44. The lowest BCUT2D eigenvalue weighted by molar-refractivity contribution is 0.191. The molecule has 1 aliphatic carbocycles. The minimum atomic E-state index is -0.436. The Morgan fingerprint density at radius 2 is 2.12 bits per heavy atom. The number of carbonyl (C=O) groups is 1. The van der Waals surface area contributed by atoms with Gasteiger partial charge in [-0.2, -0.15) is 5.01 Å². The van der Waals surface area contributed by atoms with Gasteiger partial charge in [-0.3, -0.25) is 0 Å². The van der Waals surface area contributed by atoms with Crippen molar-refractivity contribution in [1.82, 2.24) is 10.3 Å². The van der Waals surface area contributed by atoms with Gasteiger partial charge in [0.05, 0.1) is 17.2 Å². The predicted octanol–water partition coefficient (Wildman–Crippen LogP) is 2.64. The van der Waals surface area contributed by atoms with E-state index in [9.17, 15) is 9.70 Å². The summed E-state index contributed by atoms with van der Waals surface area (Å²) in [6, 6.07) is -0.259. The van der Waals surface area contributed by atoms with Crippen LogP contribution in [0, 0.1) is 4.91 Å². The van der Waals surface area contributed by atoms with Gasteiger partial charge in [0.15, 0.2) is 0 Å². The molecule has 5 nitrogen and oxygen atoms in total. The standard InChI is InChI=1S/C10H18ClN3O2/c1-8(11)7-14(13-16)10(15)12-9-5-3-2-4-6-9/h8-9H,2-7H2,1H3,(H,12,15). The molecule has 0 aromatic heterocycles. The Balaban J connectivity index is 2.38. The quantitative estimate of drug-likeness (QED) is 0.472. The van der Waals surface area contributed by atoms with E-state index in [2.05, 4.69) is 10.6 Å². The van der Waals surface area contributed by atoms with Crippen LogP contribution < -0.4 is 5.32 Å². The molecule has 1 fully saturated rings. The van der Waals surface area contributed by atoms with Crippen molar-refractivity contribution in [3.05, 3.63) is 4.91 Å². The fraction of sp³-hybridized carbons (Fsp3) is 0.900. The number of carbonyl (C=O) groups excluding carboxylic acids is 1. The van der Waals surface area contributed by atoms with E-state index in [0.717, 1.165) is 30.7 Å². The molecule has 6 heteroatoms. The van der Waals surface area contributed by atoms with Gasteiger partial charge in [-0.25, -0.2) is 4.79 Å². The van der Waals surface area contributed by atoms with Crippen LogP contribution in [-0.2, 0) is 0 Å². The van der Waals surface area contributed by atoms with E-state index in [4.69, 9.17) is 11.6 Å². The van der Waals surface area contributed by atoms with E-state index >= 15 is 0 Å². The molecule has 1 aliphatic rings. The molecule has 0 spiro atoms. The molecular formula is C10H18ClN3O2. The Labute approximate surface area is 100 Å². The maximum absolute atomic E-state index is 11.6. The monoisotopic (exact) mass is 247 g/mol. The minimum Gasteiger partial charge on any atom is -0.334 e. The summed E-state index contributed by atoms with van der Waals surface area (Å²) in [5, 5.41) is 6.06. The summed E-state index contributed by atoms with van der Waals surface area (Å²) in [4.78, 5) is 22.1. The third kappa shape index (κ3) is 4.35. The summed E-state index contributed by atoms with van der Waals surface area (Å²) in [5.41, 5.74) is 0. The highest BCUT2D eigenvalue weighted by Crippen LogP contribution is 2.17. The highest BCUT2D eigenvalue weighted by molar-refractivity contribution is 6.20. The minimum absolute atomic E-state index is 0.142. The predicted molar refractivity (Wildman–Crippen MR) is 63.2 cm³/mol. The molecule has 1 unspecified atom stereocenters. The number of hydrogen-bond acceptors (Lipinski definition) is 3. The van der Waals surface area contributed by atoms with Crippen molar-refractivity contribution < 1.29 is 4.79 Å². The molecule has 0 radical (unpaired) electrons. The first-order valence-corrected chi connectivity index (χ1v) is 6.12. The molecule has 0 saturated heterocycles. The Morgan fingerprint density at radius 1 is 1.50 bits per heavy atom. The molecule has 1 rings (SSSR count). The topological polar surface area (TPSA) is 61.8 Å². The van der Waals surface area contributed by atoms with Crippen molar-refractivity contribution in [2.45, 2.75) is 50.4 Å². The van der Waals surface area contributed by atoms with Crippen LogP contribution >= 0.6 is 11.6 Å². The van der Waals surface area contributed by atoms with Gasteiger partial charge < -0.3 is 5.32 Å². The van der Waals surface area contributed by atoms with E-state index in [1.165, 1.54) is 6.42 Å². The van der Waals surface area contributed by atoms with E-state index in [1.54, 1.807) is 6.92 Å². The van der Waals surface area contributed by atoms with Crippen LogP contribution in [0.15, 0.2) is 5.29 Å². The van der Waals surface area contributed by atoms with Gasteiger partial charge in [0.1, 0.15) is 0 Å². The second-order valence-corrected chi connectivity index (χ2v) is 4.97. The first-order valence-electron chi connectivity index (χ1n) is 5.69. The lowest BCUT2D eigenvalue weighted by Gasteiger charge is -2.24. The van der Waals surface area contributed by atoms with Gasteiger partial charge in [-0.15, -0.1) is 16.5 Å². The van der Waals surface area contributed by atoms with Gasteiger partial charge in [0, 0.05) is 6.04 Å². The van der Waals surface area contributed by atoms with Crippen molar-refractivity contribution in [2.75, 3.05) is 6.54 Å². The van der Waals surface area contributed by atoms with Crippen molar-refractivity contribution in [3.63, 3.8) is 0 Å². The maximum atomic E-state index is 11.6. The van der Waals surface area contributed by atoms with Crippen LogP contribution in [0.4, 0.5) is 4.79 Å². The fourth-order valence-electron chi connectivity index (χ4n) is 1.89. The van der Waals surface area contributed by atoms with Gasteiger partial charge >= 0.3 is 6.03 Å². The van der Waals surface area contributed by atoms with Crippen LogP contribution in [0.3, 0.4) is 0 Å². The van der Waals surface area contributed by atoms with E-state index < -0.39 is 6.03 Å². The summed E-state index contributed by atoms with van der Waals surface area (Å²) in [5.74, 6) is 0. The number of nitrogens with one attached hydrogen (secondary N) is 1. The Morgan fingerprint density at radius 3 is 2.62 bits per heavy atom. The molecule has 2 amide bonds. The number of rotatable bonds is 4. The molecule has 0 aromatic carbocycles. The zero-order chi connectivity index (χ0) is 12.0. The zero-order valence-electron chi connectivity index (χ0n) is 9.49. The van der Waals surface area contributed by atoms with Crippen molar-refractivity contribution in [2.24, 2.45) is 5.29 Å². The molecule has 0 bridgehead atoms. The summed E-state index contributed by atoms with van der Waals surface area (Å²) in [7, 11) is 0. The van der Waals surface area contributed by atoms with E-state index in [-0.39, 0.29) is 18.0 Å². The molecule has 0 aromatic rings. The van der Waals surface area contributed by atoms with Gasteiger partial charge in [-0.05, 0) is 19.8 Å². The third-order valence-electron chi connectivity index (χ3n) is 2.69. The lowest BCUT2D eigenvalue weighted by atomic mass is 9.96. The number of halogens is 1. The van der Waals surface area contributed by atoms with Crippen molar-refractivity contribution >= 4 is 17.6 Å². The number of urea groups is 1. The number of nitrogens with zero attached hydrogens (tertiary/aromatic N) is 2. The summed E-state index contributed by atoms with van der Waals surface area (Å²) >= 11 is 5.72. The molecule has 1 atom stereocenters. The summed E-state index contributed by atoms with van der Waals surface area (Å²) < 4.78 is 0. The van der Waals surface area contributed by atoms with Crippen LogP contribution in [0.5, 0.6) is 0 Å². The number of hydrogen-bond donors (Lipinski definition) is 1. The zero-order valence-corrected chi connectivity index (χ0v) is 10.2. The van der Waals surface area contributed by atoms with Crippen LogP contribution in [0.25, 0.3) is 0 Å². The number of amides is 2. The molecular weight excluding hydrogens is 230 g/mol. The van der Waals surface area contributed by atoms with Crippen LogP contribution in [0.2, 0.25) is 0 Å². The van der Waals surface area contributed by atoms with Crippen molar-refractivity contribution in [3.8, 4) is 0 Å². The van der Waals surface area contributed by atoms with Gasteiger partial charge in [0.2, 0.25) is 0 Å². The molecule has 92 valence electrons. The second kappa shape index (κ2) is 6.68. The molecule has 1 N–H and O–H groups in total. The third-order valence-corrected chi connectivity index (χ3v) is 2.83. The average molecular weight is 248 g/mol. The van der Waals surface area contributed by atoms with Gasteiger partial charge in [-0.1, -0.05) is 19.3 Å². The number of alkyl halides is 1. The normalized spacial score (nSPS) is 18.9. The van der Waals surface area contributed by atoms with E-state index in [0.29, 0.717) is 0 Å². The number of nitroso groups, excluding NO2 is 1. The SMILES string of the molecule is CC(Cl)CN(N=O)C(=O)NC1CCCCC1. The largest absolute Gasteiger partial charge is 0.340 e. The maximum Gasteiger partial charge on any atom is 0.340 e. The smallest absolute Gasteiger partial charge is 0.334 e. The van der Waals surface area contributed by atoms with Crippen molar-refractivity contribution in [1.29, 1.82) is 0 Å². The van der Waals surface area contributed by atoms with Crippen LogP contribution in [0.1, 0.15) is 39.0 Å². The van der Waals surface area contributed by atoms with E-state index in [1.807, 2.05) is 0 Å². The fourth-order valence-corrected chi connectivity index (χ4v) is 2.02. The highest BCUT2D eigenvalue weighted by Gasteiger charge is 2.21. The molecule has 0 aliphatic heterocycles. The molecule has 0 heterocycles. The summed E-state index contributed by atoms with van der Waals surface area (Å²) in [6.07, 6.45) is 5.45. The first-order chi connectivity index (χ1) is 7.63. The average Bonchev–Trinajstić information content (AvgIpc) is 2.26. The first kappa shape index (κ1) is 13.2. The summed E-state index contributed by atoms with van der Waals surface area (Å²) in [6.45, 7) is 1.86. The van der Waals surface area contributed by atoms with Gasteiger partial charge in [0.25, 0.3) is 0 Å². The Hall–Kier alpha value is -0.840.